The lowest BCUT2D eigenvalue weighted by Crippen LogP contribution is -1.98. The summed E-state index contributed by atoms with van der Waals surface area (Å²) in [7, 11) is 0. The molecule has 106 valence electrons. The maximum absolute atomic E-state index is 11.1. The number of hydrogen-bond acceptors (Lipinski definition) is 4. The highest BCUT2D eigenvalue weighted by atomic mass is 16.4. The predicted octanol–water partition coefficient (Wildman–Crippen LogP) is 2.79. The third-order valence-electron chi connectivity index (χ3n) is 3.08. The van der Waals surface area contributed by atoms with E-state index in [0.717, 1.165) is 5.69 Å². The normalized spacial score (nSPS) is 10.7. The third kappa shape index (κ3) is 2.43. The van der Waals surface area contributed by atoms with E-state index in [1.165, 1.54) is 0 Å². The van der Waals surface area contributed by atoms with Crippen LogP contribution in [0.3, 0.4) is 0 Å². The molecule has 0 fully saturated rings. The molecular formula is C15H13N3O3. The summed E-state index contributed by atoms with van der Waals surface area (Å²) in [5, 5.41) is 13.3. The first-order valence-corrected chi connectivity index (χ1v) is 6.52. The lowest BCUT2D eigenvalue weighted by molar-refractivity contribution is 0.0662. The Hall–Kier alpha value is -2.89. The summed E-state index contributed by atoms with van der Waals surface area (Å²) in [5.41, 5.74) is 1.98. The van der Waals surface area contributed by atoms with Crippen molar-refractivity contribution in [2.75, 3.05) is 0 Å². The summed E-state index contributed by atoms with van der Waals surface area (Å²) < 4.78 is 7.02. The topological polar surface area (TPSA) is 81.2 Å². The van der Waals surface area contributed by atoms with Crippen LogP contribution in [0.4, 0.5) is 0 Å². The van der Waals surface area contributed by atoms with Gasteiger partial charge in [0.2, 0.25) is 11.7 Å². The number of aromatic carboxylic acids is 1. The van der Waals surface area contributed by atoms with Crippen molar-refractivity contribution in [3.8, 4) is 17.1 Å². The van der Waals surface area contributed by atoms with Gasteiger partial charge in [0.05, 0.1) is 23.1 Å². The van der Waals surface area contributed by atoms with Crippen LogP contribution in [0.15, 0.2) is 47.1 Å². The third-order valence-corrected chi connectivity index (χ3v) is 3.08. The maximum atomic E-state index is 11.1. The van der Waals surface area contributed by atoms with Crippen LogP contribution >= 0.6 is 0 Å². The molecule has 2 heterocycles. The second-order valence-corrected chi connectivity index (χ2v) is 4.46. The average Bonchev–Trinajstić information content (AvgIpc) is 3.14. The molecule has 0 spiro atoms. The monoisotopic (exact) mass is 283 g/mol. The van der Waals surface area contributed by atoms with E-state index in [0.29, 0.717) is 17.7 Å². The molecule has 0 aliphatic carbocycles. The molecule has 0 atom stereocenters. The van der Waals surface area contributed by atoms with Crippen LogP contribution in [0.25, 0.3) is 17.1 Å². The van der Waals surface area contributed by atoms with E-state index in [4.69, 9.17) is 9.52 Å². The molecule has 6 heteroatoms. The van der Waals surface area contributed by atoms with Crippen molar-refractivity contribution in [2.45, 2.75) is 13.3 Å². The zero-order valence-corrected chi connectivity index (χ0v) is 11.4. The van der Waals surface area contributed by atoms with Gasteiger partial charge >= 0.3 is 5.97 Å². The highest BCUT2D eigenvalue weighted by molar-refractivity contribution is 5.86. The molecule has 0 radical (unpaired) electrons. The lowest BCUT2D eigenvalue weighted by atomic mass is 10.3. The van der Waals surface area contributed by atoms with E-state index in [-0.39, 0.29) is 11.7 Å². The number of hydrogen-bond donors (Lipinski definition) is 1. The number of rotatable bonds is 4. The average molecular weight is 283 g/mol. The van der Waals surface area contributed by atoms with Crippen LogP contribution in [-0.2, 0) is 6.42 Å². The lowest BCUT2D eigenvalue weighted by Gasteiger charge is -1.98. The standard InChI is InChI=1S/C15H13N3O3/c1-2-12-13(15(19)20)21-14(17-12)10-8-16-18(9-10)11-6-4-3-5-7-11/h3-9H,2H2,1H3,(H,19,20). The van der Waals surface area contributed by atoms with Crippen molar-refractivity contribution < 1.29 is 14.3 Å². The molecule has 0 aliphatic rings. The van der Waals surface area contributed by atoms with Crippen LogP contribution < -0.4 is 0 Å². The van der Waals surface area contributed by atoms with Crippen molar-refractivity contribution in [2.24, 2.45) is 0 Å². The first kappa shape index (κ1) is 13.1. The largest absolute Gasteiger partial charge is 0.475 e. The van der Waals surface area contributed by atoms with Crippen LogP contribution in [0.1, 0.15) is 23.2 Å². The zero-order valence-electron chi connectivity index (χ0n) is 11.4. The number of nitrogens with zero attached hydrogens (tertiary/aromatic N) is 3. The molecule has 0 amide bonds. The van der Waals surface area contributed by atoms with Gasteiger partial charge in [0.1, 0.15) is 0 Å². The Balaban J connectivity index is 1.99. The Morgan fingerprint density at radius 3 is 2.71 bits per heavy atom. The summed E-state index contributed by atoms with van der Waals surface area (Å²) in [6.07, 6.45) is 3.86. The van der Waals surface area contributed by atoms with E-state index < -0.39 is 5.97 Å². The fourth-order valence-electron chi connectivity index (χ4n) is 2.04. The minimum absolute atomic E-state index is 0.111. The van der Waals surface area contributed by atoms with Gasteiger partial charge in [-0.2, -0.15) is 5.10 Å². The van der Waals surface area contributed by atoms with Crippen LogP contribution in [-0.4, -0.2) is 25.8 Å². The van der Waals surface area contributed by atoms with E-state index in [1.54, 1.807) is 17.1 Å². The number of benzene rings is 1. The van der Waals surface area contributed by atoms with Crippen molar-refractivity contribution in [1.82, 2.24) is 14.8 Å². The van der Waals surface area contributed by atoms with Crippen LogP contribution in [0.2, 0.25) is 0 Å². The zero-order chi connectivity index (χ0) is 14.8. The van der Waals surface area contributed by atoms with Gasteiger partial charge in [-0.1, -0.05) is 25.1 Å². The predicted molar refractivity (Wildman–Crippen MR) is 75.4 cm³/mol. The summed E-state index contributed by atoms with van der Waals surface area (Å²) in [5.74, 6) is -0.951. The Morgan fingerprint density at radius 2 is 2.10 bits per heavy atom. The smallest absolute Gasteiger partial charge is 0.373 e. The Labute approximate surface area is 120 Å². The van der Waals surface area contributed by atoms with Crippen molar-refractivity contribution >= 4 is 5.97 Å². The quantitative estimate of drug-likeness (QED) is 0.796. The summed E-state index contributed by atoms with van der Waals surface area (Å²) in [4.78, 5) is 15.3. The number of oxazole rings is 1. The molecule has 1 aromatic carbocycles. The van der Waals surface area contributed by atoms with E-state index in [2.05, 4.69) is 10.1 Å². The van der Waals surface area contributed by atoms with Crippen LogP contribution in [0.5, 0.6) is 0 Å². The van der Waals surface area contributed by atoms with E-state index in [9.17, 15) is 4.79 Å². The van der Waals surface area contributed by atoms with E-state index >= 15 is 0 Å². The summed E-state index contributed by atoms with van der Waals surface area (Å²) >= 11 is 0. The van der Waals surface area contributed by atoms with Gasteiger partial charge < -0.3 is 9.52 Å². The maximum Gasteiger partial charge on any atom is 0.373 e. The molecule has 0 saturated heterocycles. The Bertz CT molecular complexity index is 775. The number of para-hydroxylation sites is 1. The SMILES string of the molecule is CCc1nc(-c2cnn(-c3ccccc3)c2)oc1C(=O)O. The first-order chi connectivity index (χ1) is 10.2. The van der Waals surface area contributed by atoms with Gasteiger partial charge in [0.15, 0.2) is 0 Å². The highest BCUT2D eigenvalue weighted by Crippen LogP contribution is 2.23. The van der Waals surface area contributed by atoms with Gasteiger partial charge in [-0.25, -0.2) is 14.5 Å². The van der Waals surface area contributed by atoms with Crippen LogP contribution in [0, 0.1) is 0 Å². The van der Waals surface area contributed by atoms with Gasteiger partial charge in [0, 0.05) is 6.20 Å². The fraction of sp³-hybridized carbons (Fsp3) is 0.133. The van der Waals surface area contributed by atoms with E-state index in [1.807, 2.05) is 37.3 Å². The van der Waals surface area contributed by atoms with Gasteiger partial charge in [-0.15, -0.1) is 0 Å². The fourth-order valence-corrected chi connectivity index (χ4v) is 2.04. The second kappa shape index (κ2) is 5.24. The molecule has 0 bridgehead atoms. The molecule has 1 N–H and O–H groups in total. The van der Waals surface area contributed by atoms with Gasteiger partial charge in [-0.05, 0) is 18.6 Å². The van der Waals surface area contributed by atoms with Crippen molar-refractivity contribution in [3.63, 3.8) is 0 Å². The molecule has 0 aliphatic heterocycles. The number of carboxylic acids is 1. The second-order valence-electron chi connectivity index (χ2n) is 4.46. The number of carbonyl (C=O) groups is 1. The Morgan fingerprint density at radius 1 is 1.33 bits per heavy atom. The molecule has 0 saturated carbocycles. The number of aryl methyl sites for hydroxylation is 1. The molecule has 21 heavy (non-hydrogen) atoms. The molecule has 3 rings (SSSR count). The number of aromatic nitrogens is 3. The highest BCUT2D eigenvalue weighted by Gasteiger charge is 2.19. The summed E-state index contributed by atoms with van der Waals surface area (Å²) in [6, 6.07) is 9.60. The molecular weight excluding hydrogens is 270 g/mol. The van der Waals surface area contributed by atoms with Gasteiger partial charge in [0.25, 0.3) is 0 Å². The molecule has 6 nitrogen and oxygen atoms in total. The van der Waals surface area contributed by atoms with Gasteiger partial charge in [-0.3, -0.25) is 0 Å². The van der Waals surface area contributed by atoms with Crippen molar-refractivity contribution in [3.05, 3.63) is 54.2 Å². The minimum Gasteiger partial charge on any atom is -0.475 e. The first-order valence-electron chi connectivity index (χ1n) is 6.52. The molecule has 0 unspecified atom stereocenters. The molecule has 3 aromatic rings. The number of carboxylic acid groups (broad SMARTS) is 1. The van der Waals surface area contributed by atoms with Crippen molar-refractivity contribution in [1.29, 1.82) is 0 Å². The molecule has 2 aromatic heterocycles. The minimum atomic E-state index is -1.11. The summed E-state index contributed by atoms with van der Waals surface area (Å²) in [6.45, 7) is 1.83. The Kier molecular flexibility index (Phi) is 3.27.